The first-order valence-electron chi connectivity index (χ1n) is 9.34. The van der Waals surface area contributed by atoms with Crippen molar-refractivity contribution in [2.45, 2.75) is 43.8 Å². The molecular weight excluding hydrogens is 526 g/mol. The first-order chi connectivity index (χ1) is 13.0. The quantitative estimate of drug-likeness (QED) is 0.300. The van der Waals surface area contributed by atoms with Gasteiger partial charge in [-0.2, -0.15) is 17.5 Å². The summed E-state index contributed by atoms with van der Waals surface area (Å²) in [7, 11) is -3.63. The number of alkyl halides is 3. The van der Waals surface area contributed by atoms with Crippen LogP contribution in [-0.4, -0.2) is 93.7 Å². The number of piperidine rings is 1. The van der Waals surface area contributed by atoms with Crippen LogP contribution in [-0.2, 0) is 14.8 Å². The zero-order chi connectivity index (χ0) is 21.0. The van der Waals surface area contributed by atoms with Crippen molar-refractivity contribution in [3.8, 4) is 0 Å². The Bertz CT molecular complexity index is 647. The lowest BCUT2D eigenvalue weighted by Crippen LogP contribution is -2.57. The lowest BCUT2D eigenvalue weighted by Gasteiger charge is -2.41. The van der Waals surface area contributed by atoms with Gasteiger partial charge in [0.25, 0.3) is 0 Å². The zero-order valence-electron chi connectivity index (χ0n) is 17.0. The lowest BCUT2D eigenvalue weighted by molar-refractivity contribution is -0.0494. The van der Waals surface area contributed by atoms with Crippen LogP contribution in [0.3, 0.4) is 0 Å². The maximum atomic E-state index is 12.7. The number of rotatable bonds is 5. The normalized spacial score (nSPS) is 21.5. The van der Waals surface area contributed by atoms with Gasteiger partial charge in [0.1, 0.15) is 0 Å². The van der Waals surface area contributed by atoms with Gasteiger partial charge in [0.15, 0.2) is 5.96 Å². The van der Waals surface area contributed by atoms with Gasteiger partial charge in [0.05, 0.1) is 13.2 Å². The summed E-state index contributed by atoms with van der Waals surface area (Å²) < 4.78 is 66.8. The van der Waals surface area contributed by atoms with Crippen LogP contribution in [0.25, 0.3) is 0 Å². The van der Waals surface area contributed by atoms with Gasteiger partial charge in [-0.05, 0) is 26.7 Å². The molecule has 0 bridgehead atoms. The van der Waals surface area contributed by atoms with Gasteiger partial charge in [-0.25, -0.2) is 8.42 Å². The monoisotopic (exact) mass is 557 g/mol. The molecule has 0 amide bonds. The van der Waals surface area contributed by atoms with Crippen LogP contribution in [0, 0.1) is 0 Å². The molecule has 0 aromatic heterocycles. The highest BCUT2D eigenvalue weighted by Crippen LogP contribution is 2.28. The summed E-state index contributed by atoms with van der Waals surface area (Å²) in [4.78, 5) is 6.51. The number of nitrogens with zero attached hydrogens (tertiary/aromatic N) is 3. The van der Waals surface area contributed by atoms with Crippen molar-refractivity contribution in [2.75, 3.05) is 53.0 Å². The molecular formula is C16H31F3IN5O3S. The van der Waals surface area contributed by atoms with Crippen LogP contribution < -0.4 is 10.6 Å². The van der Waals surface area contributed by atoms with Crippen molar-refractivity contribution in [3.05, 3.63) is 0 Å². The van der Waals surface area contributed by atoms with Gasteiger partial charge in [-0.3, -0.25) is 9.89 Å². The predicted molar refractivity (Wildman–Crippen MR) is 116 cm³/mol. The molecule has 0 unspecified atom stereocenters. The minimum atomic E-state index is -5.26. The van der Waals surface area contributed by atoms with E-state index in [1.807, 2.05) is 0 Å². The maximum Gasteiger partial charge on any atom is 0.511 e. The third kappa shape index (κ3) is 7.08. The Kier molecular flexibility index (Phi) is 9.90. The smallest absolute Gasteiger partial charge is 0.379 e. The van der Waals surface area contributed by atoms with E-state index in [0.29, 0.717) is 30.0 Å². The SMILES string of the molecule is CN=C(NCC(C)(C)N1CCOCC1)NC1CCN(S(=O)(=O)C(F)(F)F)CC1.I. The van der Waals surface area contributed by atoms with Gasteiger partial charge in [0, 0.05) is 51.4 Å². The number of halogens is 4. The Morgan fingerprint density at radius 3 is 2.17 bits per heavy atom. The number of sulfonamides is 1. The van der Waals surface area contributed by atoms with Gasteiger partial charge in [-0.15, -0.1) is 24.0 Å². The molecule has 2 saturated heterocycles. The lowest BCUT2D eigenvalue weighted by atomic mass is 10.0. The van der Waals surface area contributed by atoms with Crippen LogP contribution in [0.15, 0.2) is 4.99 Å². The fraction of sp³-hybridized carbons (Fsp3) is 0.938. The molecule has 2 rings (SSSR count). The van der Waals surface area contributed by atoms with Gasteiger partial charge < -0.3 is 15.4 Å². The average molecular weight is 557 g/mol. The molecule has 172 valence electrons. The fourth-order valence-corrected chi connectivity index (χ4v) is 4.34. The molecule has 0 atom stereocenters. The average Bonchev–Trinajstić information content (AvgIpc) is 2.65. The van der Waals surface area contributed by atoms with Crippen LogP contribution in [0.4, 0.5) is 13.2 Å². The third-order valence-electron chi connectivity index (χ3n) is 5.21. The summed E-state index contributed by atoms with van der Waals surface area (Å²) in [6, 6.07) is -0.141. The summed E-state index contributed by atoms with van der Waals surface area (Å²) in [6.45, 7) is 7.66. The predicted octanol–water partition coefficient (Wildman–Crippen LogP) is 1.19. The Morgan fingerprint density at radius 1 is 1.14 bits per heavy atom. The van der Waals surface area contributed by atoms with E-state index < -0.39 is 15.5 Å². The third-order valence-corrected chi connectivity index (χ3v) is 6.84. The summed E-state index contributed by atoms with van der Waals surface area (Å²) in [5.41, 5.74) is -5.37. The molecule has 2 aliphatic rings. The minimum Gasteiger partial charge on any atom is -0.379 e. The molecule has 8 nitrogen and oxygen atoms in total. The molecule has 29 heavy (non-hydrogen) atoms. The van der Waals surface area contributed by atoms with E-state index in [4.69, 9.17) is 4.74 Å². The van der Waals surface area contributed by atoms with Gasteiger partial charge >= 0.3 is 15.5 Å². The second kappa shape index (κ2) is 10.8. The van der Waals surface area contributed by atoms with Crippen LogP contribution in [0.5, 0.6) is 0 Å². The Morgan fingerprint density at radius 2 is 1.69 bits per heavy atom. The minimum absolute atomic E-state index is 0. The molecule has 2 aliphatic heterocycles. The molecule has 0 aromatic rings. The van der Waals surface area contributed by atoms with E-state index in [9.17, 15) is 21.6 Å². The second-order valence-corrected chi connectivity index (χ2v) is 9.54. The molecule has 0 saturated carbocycles. The van der Waals surface area contributed by atoms with Crippen LogP contribution >= 0.6 is 24.0 Å². The molecule has 2 N–H and O–H groups in total. The van der Waals surface area contributed by atoms with E-state index in [1.165, 1.54) is 0 Å². The van der Waals surface area contributed by atoms with E-state index in [2.05, 4.69) is 34.4 Å². The van der Waals surface area contributed by atoms with Crippen molar-refractivity contribution < 1.29 is 26.3 Å². The second-order valence-electron chi connectivity index (χ2n) is 7.61. The molecule has 0 aromatic carbocycles. The molecule has 0 spiro atoms. The highest BCUT2D eigenvalue weighted by molar-refractivity contribution is 14.0. The van der Waals surface area contributed by atoms with Gasteiger partial charge in [-0.1, -0.05) is 0 Å². The number of aliphatic imine (C=N–C) groups is 1. The summed E-state index contributed by atoms with van der Waals surface area (Å²) in [5, 5.41) is 6.45. The van der Waals surface area contributed by atoms with E-state index >= 15 is 0 Å². The first kappa shape index (κ1) is 26.7. The van der Waals surface area contributed by atoms with Crippen molar-refractivity contribution in [1.82, 2.24) is 19.8 Å². The van der Waals surface area contributed by atoms with Crippen molar-refractivity contribution >= 4 is 40.0 Å². The largest absolute Gasteiger partial charge is 0.511 e. The number of morpholine rings is 1. The Labute approximate surface area is 187 Å². The summed E-state index contributed by atoms with van der Waals surface area (Å²) in [5.74, 6) is 0.554. The molecule has 13 heteroatoms. The zero-order valence-corrected chi connectivity index (χ0v) is 20.1. The van der Waals surface area contributed by atoms with E-state index in [0.717, 1.165) is 13.1 Å². The number of hydrogen-bond donors (Lipinski definition) is 2. The van der Waals surface area contributed by atoms with E-state index in [-0.39, 0.29) is 61.5 Å². The number of ether oxygens (including phenoxy) is 1. The highest BCUT2D eigenvalue weighted by Gasteiger charge is 2.50. The van der Waals surface area contributed by atoms with Crippen LogP contribution in [0.2, 0.25) is 0 Å². The molecule has 0 aliphatic carbocycles. The Balaban J connectivity index is 0.00000420. The molecule has 2 heterocycles. The van der Waals surface area contributed by atoms with E-state index in [1.54, 1.807) is 7.05 Å². The van der Waals surface area contributed by atoms with Crippen molar-refractivity contribution in [3.63, 3.8) is 0 Å². The topological polar surface area (TPSA) is 86.3 Å². The fourth-order valence-electron chi connectivity index (χ4n) is 3.36. The maximum absolute atomic E-state index is 12.7. The standard InChI is InChI=1S/C16H30F3N5O3S.HI/c1-15(2,23-8-10-27-11-9-23)12-21-14(20-3)22-13-4-6-24(7-5-13)28(25,26)16(17,18)19;/h13H,4-12H2,1-3H3,(H2,20,21,22);1H. The van der Waals surface area contributed by atoms with Crippen molar-refractivity contribution in [2.24, 2.45) is 4.99 Å². The molecule has 0 radical (unpaired) electrons. The first-order valence-corrected chi connectivity index (χ1v) is 10.8. The number of nitrogens with one attached hydrogen (secondary N) is 2. The molecule has 2 fully saturated rings. The van der Waals surface area contributed by atoms with Gasteiger partial charge in [0.2, 0.25) is 0 Å². The van der Waals surface area contributed by atoms with Crippen molar-refractivity contribution in [1.29, 1.82) is 0 Å². The summed E-state index contributed by atoms with van der Waals surface area (Å²) >= 11 is 0. The highest BCUT2D eigenvalue weighted by atomic mass is 127. The van der Waals surface area contributed by atoms with Crippen LogP contribution in [0.1, 0.15) is 26.7 Å². The number of hydrogen-bond acceptors (Lipinski definition) is 5. The number of guanidine groups is 1. The Hall–Kier alpha value is -0.380. The summed E-state index contributed by atoms with van der Waals surface area (Å²) in [6.07, 6.45) is 0.561.